The summed E-state index contributed by atoms with van der Waals surface area (Å²) < 4.78 is 0. The monoisotopic (exact) mass is 227 g/mol. The van der Waals surface area contributed by atoms with E-state index in [0.29, 0.717) is 0 Å². The molecule has 0 bridgehead atoms. The number of aromatic carboxylic acids is 3. The van der Waals surface area contributed by atoms with Crippen LogP contribution in [0.3, 0.4) is 0 Å². The van der Waals surface area contributed by atoms with Gasteiger partial charge in [-0.15, -0.1) is 0 Å². The zero-order valence-electron chi connectivity index (χ0n) is 8.01. The van der Waals surface area contributed by atoms with Gasteiger partial charge in [0, 0.05) is 0 Å². The largest absolute Gasteiger partial charge is 0.478 e. The fraction of sp³-hybridized carbons (Fsp3) is 0. The first kappa shape index (κ1) is 13.6. The van der Waals surface area contributed by atoms with Gasteiger partial charge in [0.05, 0.1) is 16.7 Å². The van der Waals surface area contributed by atoms with E-state index in [1.807, 2.05) is 0 Å². The Bertz CT molecular complexity index is 453. The second-order valence-electron chi connectivity index (χ2n) is 2.68. The molecule has 86 valence electrons. The zero-order chi connectivity index (χ0) is 11.6. The molecule has 0 atom stereocenters. The fourth-order valence-corrected chi connectivity index (χ4v) is 1.04. The van der Waals surface area contributed by atoms with Crippen LogP contribution in [0, 0.1) is 0 Å². The molecule has 0 fully saturated rings. The molecule has 0 spiro atoms. The molecular formula is C9H9NO6. The third kappa shape index (κ3) is 2.55. The zero-order valence-corrected chi connectivity index (χ0v) is 8.01. The van der Waals surface area contributed by atoms with Gasteiger partial charge in [0.25, 0.3) is 0 Å². The molecule has 0 saturated carbocycles. The third-order valence-corrected chi connectivity index (χ3v) is 1.73. The Hall–Kier alpha value is -2.41. The van der Waals surface area contributed by atoms with Gasteiger partial charge < -0.3 is 21.5 Å². The normalized spacial score (nSPS) is 9.00. The van der Waals surface area contributed by atoms with Gasteiger partial charge in [-0.05, 0) is 18.2 Å². The van der Waals surface area contributed by atoms with E-state index >= 15 is 0 Å². The number of carbonyl (C=O) groups is 3. The number of hydrogen-bond donors (Lipinski definition) is 4. The minimum atomic E-state index is -1.48. The predicted molar refractivity (Wildman–Crippen MR) is 52.3 cm³/mol. The van der Waals surface area contributed by atoms with E-state index in [0.717, 1.165) is 18.2 Å². The Labute approximate surface area is 89.5 Å². The number of hydrogen-bond acceptors (Lipinski definition) is 4. The molecule has 0 aromatic heterocycles. The quantitative estimate of drug-likeness (QED) is 0.600. The second kappa shape index (κ2) is 4.89. The van der Waals surface area contributed by atoms with Crippen LogP contribution < -0.4 is 6.15 Å². The second-order valence-corrected chi connectivity index (χ2v) is 2.68. The van der Waals surface area contributed by atoms with Gasteiger partial charge in [0.1, 0.15) is 0 Å². The Kier molecular flexibility index (Phi) is 4.16. The van der Waals surface area contributed by atoms with Crippen molar-refractivity contribution >= 4 is 17.9 Å². The van der Waals surface area contributed by atoms with Crippen molar-refractivity contribution in [3.05, 3.63) is 34.9 Å². The maximum atomic E-state index is 10.6. The number of benzene rings is 1. The molecule has 1 rings (SSSR count). The molecule has 6 N–H and O–H groups in total. The van der Waals surface area contributed by atoms with Crippen LogP contribution in [0.2, 0.25) is 0 Å². The Morgan fingerprint density at radius 2 is 1.31 bits per heavy atom. The summed E-state index contributed by atoms with van der Waals surface area (Å²) >= 11 is 0. The lowest BCUT2D eigenvalue weighted by Crippen LogP contribution is -2.10. The van der Waals surface area contributed by atoms with Crippen LogP contribution in [0.25, 0.3) is 0 Å². The van der Waals surface area contributed by atoms with Crippen molar-refractivity contribution in [3.63, 3.8) is 0 Å². The van der Waals surface area contributed by atoms with Crippen molar-refractivity contribution in [3.8, 4) is 0 Å². The topological polar surface area (TPSA) is 147 Å². The summed E-state index contributed by atoms with van der Waals surface area (Å²) in [5, 5.41) is 25.9. The van der Waals surface area contributed by atoms with Crippen LogP contribution in [-0.4, -0.2) is 33.2 Å². The van der Waals surface area contributed by atoms with Crippen LogP contribution >= 0.6 is 0 Å². The van der Waals surface area contributed by atoms with Crippen molar-refractivity contribution in [1.29, 1.82) is 0 Å². The molecular weight excluding hydrogens is 218 g/mol. The SMILES string of the molecule is N.O=C(O)c1ccc(C(=O)O)c(C(=O)O)c1. The van der Waals surface area contributed by atoms with Crippen LogP contribution in [0.4, 0.5) is 0 Å². The van der Waals surface area contributed by atoms with E-state index in [9.17, 15) is 14.4 Å². The van der Waals surface area contributed by atoms with E-state index in [-0.39, 0.29) is 11.7 Å². The van der Waals surface area contributed by atoms with E-state index in [4.69, 9.17) is 15.3 Å². The van der Waals surface area contributed by atoms with E-state index in [2.05, 4.69) is 0 Å². The van der Waals surface area contributed by atoms with Gasteiger partial charge in [-0.3, -0.25) is 0 Å². The standard InChI is InChI=1S/C9H6O6.H3N/c10-7(11)4-1-2-5(8(12)13)6(3-4)9(14)15;/h1-3H,(H,10,11)(H,12,13)(H,14,15);1H3. The van der Waals surface area contributed by atoms with Gasteiger partial charge in [0.2, 0.25) is 0 Å². The molecule has 16 heavy (non-hydrogen) atoms. The molecule has 1 aromatic rings. The van der Waals surface area contributed by atoms with Gasteiger partial charge in [-0.1, -0.05) is 0 Å². The Morgan fingerprint density at radius 1 is 0.812 bits per heavy atom. The van der Waals surface area contributed by atoms with Crippen LogP contribution in [0.5, 0.6) is 0 Å². The maximum absolute atomic E-state index is 10.6. The summed E-state index contributed by atoms with van der Waals surface area (Å²) in [5.74, 6) is -4.20. The summed E-state index contributed by atoms with van der Waals surface area (Å²) in [6, 6.07) is 2.81. The van der Waals surface area contributed by atoms with Gasteiger partial charge >= 0.3 is 17.9 Å². The number of carboxylic acid groups (broad SMARTS) is 3. The van der Waals surface area contributed by atoms with Crippen molar-refractivity contribution in [2.75, 3.05) is 0 Å². The minimum absolute atomic E-state index is 0. The Morgan fingerprint density at radius 3 is 1.69 bits per heavy atom. The number of carboxylic acids is 3. The lowest BCUT2D eigenvalue weighted by atomic mass is 10.0. The molecule has 0 amide bonds. The molecule has 0 saturated heterocycles. The summed E-state index contributed by atoms with van der Waals surface area (Å²) in [6.07, 6.45) is 0. The van der Waals surface area contributed by atoms with Crippen molar-refractivity contribution in [2.24, 2.45) is 0 Å². The average Bonchev–Trinajstić information content (AvgIpc) is 2.16. The molecule has 7 heteroatoms. The summed E-state index contributed by atoms with van der Waals surface area (Å²) in [6.45, 7) is 0. The highest BCUT2D eigenvalue weighted by Gasteiger charge is 2.17. The van der Waals surface area contributed by atoms with E-state index in [1.54, 1.807) is 0 Å². The summed E-state index contributed by atoms with van der Waals surface area (Å²) in [5.41, 5.74) is -1.24. The third-order valence-electron chi connectivity index (χ3n) is 1.73. The molecule has 0 heterocycles. The highest BCUT2D eigenvalue weighted by molar-refractivity contribution is 6.03. The van der Waals surface area contributed by atoms with Gasteiger partial charge in [-0.2, -0.15) is 0 Å². The predicted octanol–water partition coefficient (Wildman–Crippen LogP) is 0.943. The maximum Gasteiger partial charge on any atom is 0.336 e. The first-order valence-corrected chi connectivity index (χ1v) is 3.77. The first-order chi connectivity index (χ1) is 6.93. The van der Waals surface area contributed by atoms with Crippen molar-refractivity contribution in [1.82, 2.24) is 6.15 Å². The summed E-state index contributed by atoms with van der Waals surface area (Å²) in [4.78, 5) is 31.8. The van der Waals surface area contributed by atoms with Gasteiger partial charge in [0.15, 0.2) is 0 Å². The molecule has 0 aliphatic heterocycles. The lowest BCUT2D eigenvalue weighted by molar-refractivity contribution is 0.0649. The first-order valence-electron chi connectivity index (χ1n) is 3.77. The molecule has 0 aliphatic rings. The summed E-state index contributed by atoms with van der Waals surface area (Å²) in [7, 11) is 0. The van der Waals surface area contributed by atoms with E-state index < -0.39 is 29.0 Å². The van der Waals surface area contributed by atoms with Crippen LogP contribution in [-0.2, 0) is 0 Å². The molecule has 1 aromatic carbocycles. The van der Waals surface area contributed by atoms with Crippen molar-refractivity contribution in [2.45, 2.75) is 0 Å². The average molecular weight is 227 g/mol. The van der Waals surface area contributed by atoms with E-state index in [1.165, 1.54) is 0 Å². The van der Waals surface area contributed by atoms with Crippen LogP contribution in [0.1, 0.15) is 31.1 Å². The molecule has 0 radical (unpaired) electrons. The van der Waals surface area contributed by atoms with Crippen molar-refractivity contribution < 1.29 is 29.7 Å². The minimum Gasteiger partial charge on any atom is -0.478 e. The fourth-order valence-electron chi connectivity index (χ4n) is 1.04. The smallest absolute Gasteiger partial charge is 0.336 e. The number of rotatable bonds is 3. The molecule has 7 nitrogen and oxygen atoms in total. The van der Waals surface area contributed by atoms with Crippen LogP contribution in [0.15, 0.2) is 18.2 Å². The molecule has 0 aliphatic carbocycles. The Balaban J connectivity index is 0.00000225. The lowest BCUT2D eigenvalue weighted by Gasteiger charge is -2.02. The van der Waals surface area contributed by atoms with Gasteiger partial charge in [-0.25, -0.2) is 14.4 Å². The molecule has 0 unspecified atom stereocenters. The highest BCUT2D eigenvalue weighted by Crippen LogP contribution is 2.12. The highest BCUT2D eigenvalue weighted by atomic mass is 16.4.